The molecule has 0 aliphatic carbocycles. The van der Waals surface area contributed by atoms with Gasteiger partial charge in [0.25, 0.3) is 5.91 Å². The molecule has 0 saturated carbocycles. The van der Waals surface area contributed by atoms with E-state index in [1.165, 1.54) is 11.3 Å². The quantitative estimate of drug-likeness (QED) is 0.567. The topological polar surface area (TPSA) is 119 Å². The Bertz CT molecular complexity index is 1070. The molecule has 1 aromatic heterocycles. The number of anilines is 2. The zero-order valence-corrected chi connectivity index (χ0v) is 15.7. The van der Waals surface area contributed by atoms with Crippen LogP contribution in [-0.2, 0) is 4.79 Å². The van der Waals surface area contributed by atoms with Gasteiger partial charge in [-0.15, -0.1) is 10.2 Å². The molecule has 0 bridgehead atoms. The second-order valence-corrected chi connectivity index (χ2v) is 6.79. The number of carbonyl (C=O) groups excluding carboxylic acids is 1. The Hall–Kier alpha value is -3.56. The molecule has 1 aliphatic heterocycles. The van der Waals surface area contributed by atoms with E-state index in [0.29, 0.717) is 28.0 Å². The molecule has 4 rings (SSSR count). The number of nitrogen functional groups attached to an aromatic ring is 1. The molecule has 0 unspecified atom stereocenters. The summed E-state index contributed by atoms with van der Waals surface area (Å²) in [5, 5.41) is 12.6. The first-order valence-electron chi connectivity index (χ1n) is 8.39. The van der Waals surface area contributed by atoms with E-state index in [-0.39, 0.29) is 5.91 Å². The molecular formula is C19H17N6O2S+. The summed E-state index contributed by atoms with van der Waals surface area (Å²) < 4.78 is 5.22. The van der Waals surface area contributed by atoms with Crippen LogP contribution in [0.25, 0.3) is 5.70 Å². The average Bonchev–Trinajstić information content (AvgIpc) is 3.38. The van der Waals surface area contributed by atoms with Crippen LogP contribution in [0.1, 0.15) is 11.1 Å². The number of methoxy groups -OCH3 is 1. The normalized spacial score (nSPS) is 13.4. The van der Waals surface area contributed by atoms with Gasteiger partial charge in [0.05, 0.1) is 12.7 Å². The van der Waals surface area contributed by atoms with Crippen molar-refractivity contribution in [1.29, 1.82) is 0 Å². The third-order valence-corrected chi connectivity index (χ3v) is 4.75. The van der Waals surface area contributed by atoms with Crippen molar-refractivity contribution in [2.45, 2.75) is 0 Å². The van der Waals surface area contributed by atoms with Crippen LogP contribution in [0.5, 0.6) is 5.75 Å². The Morgan fingerprint density at radius 1 is 1.18 bits per heavy atom. The fourth-order valence-corrected chi connectivity index (χ4v) is 3.25. The molecule has 1 amide bonds. The highest BCUT2D eigenvalue weighted by atomic mass is 32.1. The van der Waals surface area contributed by atoms with Crippen LogP contribution in [0.2, 0.25) is 0 Å². The van der Waals surface area contributed by atoms with Crippen molar-refractivity contribution in [3.8, 4) is 5.75 Å². The van der Waals surface area contributed by atoms with Gasteiger partial charge in [0.15, 0.2) is 11.4 Å². The molecule has 140 valence electrons. The number of carbonyl (C=O) groups is 1. The minimum Gasteiger partial charge on any atom is -0.497 e. The first kappa shape index (κ1) is 17.8. The standard InChI is InChI=1S/C19H16N6O2S/c1-27-14-7-5-11(6-8-14)15-16(18(26)24-19-25-21-10-28-19)23-17(22-15)12-3-2-4-13(20)9-12/h2-10H,20H2,1H3,(H,22,23)(H,24,25,26)/p+1. The Kier molecular flexibility index (Phi) is 4.83. The fraction of sp³-hybridized carbons (Fsp3) is 0.0526. The van der Waals surface area contributed by atoms with Crippen LogP contribution in [0.3, 0.4) is 0 Å². The second kappa shape index (κ2) is 7.59. The lowest BCUT2D eigenvalue weighted by atomic mass is 10.1. The number of amides is 1. The number of rotatable bonds is 5. The van der Waals surface area contributed by atoms with Gasteiger partial charge in [0.2, 0.25) is 11.0 Å². The van der Waals surface area contributed by atoms with Crippen molar-refractivity contribution in [3.05, 3.63) is 70.9 Å². The number of aliphatic imine (C=N–C) groups is 1. The minimum atomic E-state index is -0.349. The van der Waals surface area contributed by atoms with E-state index >= 15 is 0 Å². The lowest BCUT2D eigenvalue weighted by Crippen LogP contribution is -2.83. The predicted octanol–water partition coefficient (Wildman–Crippen LogP) is 1.46. The number of benzene rings is 2. The predicted molar refractivity (Wildman–Crippen MR) is 108 cm³/mol. The lowest BCUT2D eigenvalue weighted by molar-refractivity contribution is -0.429. The van der Waals surface area contributed by atoms with Crippen molar-refractivity contribution < 1.29 is 14.8 Å². The van der Waals surface area contributed by atoms with Crippen molar-refractivity contribution >= 4 is 39.6 Å². The SMILES string of the molecule is COc1ccc(C2=C(C(=O)Nc3nncs3)N=C(c3cccc(N)c3)[NH2+]2)cc1. The molecule has 5 N–H and O–H groups in total. The fourth-order valence-electron chi connectivity index (χ4n) is 2.81. The molecule has 8 nitrogen and oxygen atoms in total. The van der Waals surface area contributed by atoms with Gasteiger partial charge >= 0.3 is 0 Å². The summed E-state index contributed by atoms with van der Waals surface area (Å²) in [6.45, 7) is 0. The lowest BCUT2D eigenvalue weighted by Gasteiger charge is -2.05. The highest BCUT2D eigenvalue weighted by Crippen LogP contribution is 2.23. The minimum absolute atomic E-state index is 0.304. The number of hydrogen-bond donors (Lipinski definition) is 3. The summed E-state index contributed by atoms with van der Waals surface area (Å²) in [7, 11) is 1.61. The Labute approximate surface area is 164 Å². The van der Waals surface area contributed by atoms with Crippen LogP contribution in [0, 0.1) is 0 Å². The van der Waals surface area contributed by atoms with Gasteiger partial charge in [-0.3, -0.25) is 15.4 Å². The molecule has 28 heavy (non-hydrogen) atoms. The van der Waals surface area contributed by atoms with Crippen molar-refractivity contribution in [2.75, 3.05) is 18.2 Å². The summed E-state index contributed by atoms with van der Waals surface area (Å²) in [4.78, 5) is 17.4. The molecule has 0 fully saturated rings. The molecule has 9 heteroatoms. The van der Waals surface area contributed by atoms with Gasteiger partial charge < -0.3 is 10.5 Å². The molecule has 1 aliphatic rings. The van der Waals surface area contributed by atoms with E-state index in [1.54, 1.807) is 18.7 Å². The van der Waals surface area contributed by atoms with Crippen molar-refractivity contribution in [3.63, 3.8) is 0 Å². The van der Waals surface area contributed by atoms with E-state index in [4.69, 9.17) is 10.5 Å². The molecular weight excluding hydrogens is 376 g/mol. The maximum atomic E-state index is 12.9. The summed E-state index contributed by atoms with van der Waals surface area (Å²) in [5.41, 5.74) is 10.8. The number of amidine groups is 1. The van der Waals surface area contributed by atoms with E-state index in [1.807, 2.05) is 47.8 Å². The second-order valence-electron chi connectivity index (χ2n) is 5.96. The van der Waals surface area contributed by atoms with Gasteiger partial charge in [-0.25, -0.2) is 0 Å². The molecule has 0 atom stereocenters. The van der Waals surface area contributed by atoms with Crippen LogP contribution >= 0.6 is 11.3 Å². The Morgan fingerprint density at radius 2 is 2.00 bits per heavy atom. The third kappa shape index (κ3) is 3.61. The third-order valence-electron chi connectivity index (χ3n) is 4.15. The van der Waals surface area contributed by atoms with Crippen LogP contribution in [0.15, 0.2) is 64.7 Å². The van der Waals surface area contributed by atoms with E-state index in [2.05, 4.69) is 20.5 Å². The molecule has 0 spiro atoms. The number of hydrogen-bond acceptors (Lipinski definition) is 7. The van der Waals surface area contributed by atoms with Crippen LogP contribution < -0.4 is 21.1 Å². The molecule has 3 aromatic rings. The smallest absolute Gasteiger partial charge is 0.282 e. The highest BCUT2D eigenvalue weighted by Gasteiger charge is 2.30. The molecule has 2 aromatic carbocycles. The number of quaternary nitrogens is 1. The summed E-state index contributed by atoms with van der Waals surface area (Å²) in [5.74, 6) is 1.05. The zero-order valence-electron chi connectivity index (χ0n) is 14.9. The van der Waals surface area contributed by atoms with Crippen molar-refractivity contribution in [1.82, 2.24) is 10.2 Å². The number of ether oxygens (including phenoxy) is 1. The monoisotopic (exact) mass is 393 g/mol. The summed E-state index contributed by atoms with van der Waals surface area (Å²) in [6.07, 6.45) is 0. The molecule has 0 saturated heterocycles. The van der Waals surface area contributed by atoms with Gasteiger partial charge in [0.1, 0.15) is 11.3 Å². The zero-order chi connectivity index (χ0) is 19.5. The summed E-state index contributed by atoms with van der Waals surface area (Å²) >= 11 is 1.24. The van der Waals surface area contributed by atoms with E-state index in [0.717, 1.165) is 16.9 Å². The summed E-state index contributed by atoms with van der Waals surface area (Å²) in [6, 6.07) is 14.9. The molecule has 2 heterocycles. The van der Waals surface area contributed by atoms with E-state index in [9.17, 15) is 4.79 Å². The first-order chi connectivity index (χ1) is 13.6. The van der Waals surface area contributed by atoms with Gasteiger partial charge in [-0.2, -0.15) is 4.99 Å². The van der Waals surface area contributed by atoms with Crippen LogP contribution in [-0.4, -0.2) is 29.0 Å². The number of nitrogens with zero attached hydrogens (tertiary/aromatic N) is 3. The van der Waals surface area contributed by atoms with Crippen LogP contribution in [0.4, 0.5) is 10.8 Å². The highest BCUT2D eigenvalue weighted by molar-refractivity contribution is 7.13. The average molecular weight is 393 g/mol. The maximum absolute atomic E-state index is 12.9. The Balaban J connectivity index is 1.71. The van der Waals surface area contributed by atoms with Gasteiger partial charge in [-0.05, 0) is 42.5 Å². The number of nitrogens with one attached hydrogen (secondary N) is 1. The van der Waals surface area contributed by atoms with Gasteiger partial charge in [-0.1, -0.05) is 17.4 Å². The number of nitrogens with two attached hydrogens (primary N) is 2. The largest absolute Gasteiger partial charge is 0.497 e. The molecule has 0 radical (unpaired) electrons. The van der Waals surface area contributed by atoms with Crippen molar-refractivity contribution in [2.24, 2.45) is 4.99 Å². The maximum Gasteiger partial charge on any atom is 0.282 e. The van der Waals surface area contributed by atoms with Gasteiger partial charge in [0, 0.05) is 11.3 Å². The van der Waals surface area contributed by atoms with E-state index < -0.39 is 0 Å². The number of aromatic nitrogens is 2. The Morgan fingerprint density at radius 3 is 2.68 bits per heavy atom. The first-order valence-corrected chi connectivity index (χ1v) is 9.27.